The van der Waals surface area contributed by atoms with Crippen LogP contribution < -0.4 is 10.2 Å². The Balaban J connectivity index is 1.12. The van der Waals surface area contributed by atoms with Gasteiger partial charge in [-0.15, -0.1) is 0 Å². The number of anilines is 1. The van der Waals surface area contributed by atoms with Crippen molar-refractivity contribution >= 4 is 33.2 Å². The summed E-state index contributed by atoms with van der Waals surface area (Å²) in [5.74, 6) is -0.241. The van der Waals surface area contributed by atoms with Gasteiger partial charge in [0.05, 0.1) is 46.4 Å². The lowest BCUT2D eigenvalue weighted by Crippen LogP contribution is -2.49. The van der Waals surface area contributed by atoms with Crippen LogP contribution >= 0.6 is 11.6 Å². The van der Waals surface area contributed by atoms with Crippen LogP contribution in [0, 0.1) is 0 Å². The zero-order valence-corrected chi connectivity index (χ0v) is 28.8. The minimum absolute atomic E-state index is 0.0361. The zero-order valence-electron chi connectivity index (χ0n) is 27.3. The van der Waals surface area contributed by atoms with Crippen LogP contribution in [0.25, 0.3) is 11.3 Å². The van der Waals surface area contributed by atoms with Gasteiger partial charge in [0, 0.05) is 88.0 Å². The number of benzene rings is 2. The van der Waals surface area contributed by atoms with Gasteiger partial charge in [-0.05, 0) is 42.0 Å². The number of hydrogen-bond acceptors (Lipinski definition) is 8. The Kier molecular flexibility index (Phi) is 10.5. The minimum atomic E-state index is -4.49. The van der Waals surface area contributed by atoms with Crippen molar-refractivity contribution in [3.63, 3.8) is 0 Å². The van der Waals surface area contributed by atoms with E-state index in [4.69, 9.17) is 16.7 Å². The fraction of sp³-hybridized carbons (Fsp3) is 0.382. The van der Waals surface area contributed by atoms with Crippen LogP contribution in [-0.2, 0) is 42.3 Å². The highest BCUT2D eigenvalue weighted by Gasteiger charge is 2.33. The molecule has 2 aromatic carbocycles. The van der Waals surface area contributed by atoms with E-state index in [2.05, 4.69) is 20.1 Å². The van der Waals surface area contributed by atoms with Crippen molar-refractivity contribution in [2.45, 2.75) is 38.3 Å². The standard InChI is InChI=1S/C34H37ClF3N7O4S/c1-50(48,49)44-14-11-30-28(22-44)31(24-5-7-25(8-6-24)34(36,37)38)41-45(30)21-26(46)20-42-15-17-43(18-16-42)32-27(3-2-4-29(32)35)33(47)40-19-23-9-12-39-13-10-23/h2-10,12-13,26,46H,11,14-22H2,1H3,(H,40,47). The highest BCUT2D eigenvalue weighted by atomic mass is 35.5. The third kappa shape index (κ3) is 8.13. The molecule has 11 nitrogen and oxygen atoms in total. The predicted molar refractivity (Wildman–Crippen MR) is 183 cm³/mol. The van der Waals surface area contributed by atoms with Crippen LogP contribution in [0.1, 0.15) is 32.7 Å². The number of carbonyl (C=O) groups excluding carboxylic acids is 1. The number of nitrogens with one attached hydrogen (secondary N) is 1. The van der Waals surface area contributed by atoms with Gasteiger partial charge in [-0.1, -0.05) is 29.8 Å². The summed E-state index contributed by atoms with van der Waals surface area (Å²) in [6, 6.07) is 13.5. The molecule has 2 aliphatic rings. The van der Waals surface area contributed by atoms with Crippen LogP contribution in [0.15, 0.2) is 67.0 Å². The van der Waals surface area contributed by atoms with Gasteiger partial charge in [-0.3, -0.25) is 19.4 Å². The lowest BCUT2D eigenvalue weighted by molar-refractivity contribution is -0.137. The summed E-state index contributed by atoms with van der Waals surface area (Å²) in [7, 11) is -3.52. The Bertz CT molecular complexity index is 1930. The Hall–Kier alpha value is -4.02. The number of sulfonamides is 1. The van der Waals surface area contributed by atoms with E-state index in [-0.39, 0.29) is 25.5 Å². The maximum absolute atomic E-state index is 13.2. The SMILES string of the molecule is CS(=O)(=O)N1CCc2c(c(-c3ccc(C(F)(F)F)cc3)nn2CC(O)CN2CCN(c3c(Cl)cccc3C(=O)NCc3ccncc3)CC2)C1. The smallest absolute Gasteiger partial charge is 0.390 e. The number of aromatic nitrogens is 3. The second kappa shape index (κ2) is 14.7. The third-order valence-electron chi connectivity index (χ3n) is 9.03. The van der Waals surface area contributed by atoms with E-state index in [1.165, 1.54) is 16.4 Å². The van der Waals surface area contributed by atoms with Crippen LogP contribution in [0.5, 0.6) is 0 Å². The average Bonchev–Trinajstić information content (AvgIpc) is 3.44. The van der Waals surface area contributed by atoms with Gasteiger partial charge in [0.15, 0.2) is 0 Å². The summed E-state index contributed by atoms with van der Waals surface area (Å²) in [4.78, 5) is 21.4. The molecule has 1 atom stereocenters. The maximum atomic E-state index is 13.2. The number of fused-ring (bicyclic) bond motifs is 1. The zero-order chi connectivity index (χ0) is 35.6. The molecule has 0 aliphatic carbocycles. The number of amides is 1. The first-order valence-electron chi connectivity index (χ1n) is 16.1. The van der Waals surface area contributed by atoms with E-state index in [0.29, 0.717) is 78.8 Å². The average molecular weight is 732 g/mol. The van der Waals surface area contributed by atoms with E-state index in [0.717, 1.165) is 29.6 Å². The van der Waals surface area contributed by atoms with E-state index in [1.54, 1.807) is 35.3 Å². The van der Waals surface area contributed by atoms with Crippen LogP contribution in [0.2, 0.25) is 5.02 Å². The molecule has 4 heterocycles. The summed E-state index contributed by atoms with van der Waals surface area (Å²) < 4.78 is 67.4. The molecule has 2 aromatic heterocycles. The van der Waals surface area contributed by atoms with Gasteiger partial charge in [0.1, 0.15) is 0 Å². The summed E-state index contributed by atoms with van der Waals surface area (Å²) in [5, 5.41) is 19.3. The molecule has 6 rings (SSSR count). The molecule has 2 aliphatic heterocycles. The number of aliphatic hydroxyl groups excluding tert-OH is 1. The number of β-amino-alcohol motifs (C(OH)–C–C–N with tert-alkyl or cyclic N) is 1. The van der Waals surface area contributed by atoms with Crippen molar-refractivity contribution in [1.82, 2.24) is 29.3 Å². The minimum Gasteiger partial charge on any atom is -0.390 e. The van der Waals surface area contributed by atoms with Crippen LogP contribution in [-0.4, -0.2) is 95.0 Å². The van der Waals surface area contributed by atoms with Gasteiger partial charge in [-0.25, -0.2) is 8.42 Å². The Morgan fingerprint density at radius 3 is 2.36 bits per heavy atom. The molecule has 0 radical (unpaired) electrons. The third-order valence-corrected chi connectivity index (χ3v) is 10.6. The number of para-hydroxylation sites is 1. The van der Waals surface area contributed by atoms with Crippen molar-refractivity contribution in [3.05, 3.63) is 100.0 Å². The molecule has 266 valence electrons. The van der Waals surface area contributed by atoms with Crippen LogP contribution in [0.3, 0.4) is 0 Å². The second-order valence-corrected chi connectivity index (χ2v) is 14.9. The summed E-state index contributed by atoms with van der Waals surface area (Å²) in [6.07, 6.45) is -0.534. The van der Waals surface area contributed by atoms with Gasteiger partial charge in [-0.2, -0.15) is 22.6 Å². The number of rotatable bonds is 10. The number of carbonyl (C=O) groups is 1. The second-order valence-electron chi connectivity index (χ2n) is 12.5. The van der Waals surface area contributed by atoms with Crippen molar-refractivity contribution in [1.29, 1.82) is 0 Å². The van der Waals surface area contributed by atoms with E-state index in [9.17, 15) is 31.5 Å². The number of hydrogen-bond donors (Lipinski definition) is 2. The molecule has 50 heavy (non-hydrogen) atoms. The molecule has 0 spiro atoms. The Morgan fingerprint density at radius 1 is 1.00 bits per heavy atom. The van der Waals surface area contributed by atoms with E-state index < -0.39 is 27.9 Å². The molecule has 0 bridgehead atoms. The molecule has 16 heteroatoms. The van der Waals surface area contributed by atoms with Gasteiger partial charge >= 0.3 is 6.18 Å². The van der Waals surface area contributed by atoms with Crippen LogP contribution in [0.4, 0.5) is 18.9 Å². The van der Waals surface area contributed by atoms with E-state index in [1.807, 2.05) is 12.1 Å². The van der Waals surface area contributed by atoms with Gasteiger partial charge in [0.25, 0.3) is 5.91 Å². The number of aliphatic hydroxyl groups is 1. The molecule has 1 fully saturated rings. The predicted octanol–water partition coefficient (Wildman–Crippen LogP) is 4.05. The first-order chi connectivity index (χ1) is 23.8. The molecular weight excluding hydrogens is 695 g/mol. The molecule has 1 amide bonds. The summed E-state index contributed by atoms with van der Waals surface area (Å²) >= 11 is 6.62. The maximum Gasteiger partial charge on any atom is 0.416 e. The highest BCUT2D eigenvalue weighted by Crippen LogP contribution is 2.35. The normalized spacial score (nSPS) is 16.6. The topological polar surface area (TPSA) is 124 Å². The fourth-order valence-electron chi connectivity index (χ4n) is 6.46. The quantitative estimate of drug-likeness (QED) is 0.251. The lowest BCUT2D eigenvalue weighted by atomic mass is 10.0. The molecular formula is C34H37ClF3N7O4S. The van der Waals surface area contributed by atoms with Crippen molar-refractivity contribution in [2.75, 3.05) is 50.4 Å². The van der Waals surface area contributed by atoms with Gasteiger partial charge in [0.2, 0.25) is 10.0 Å². The first-order valence-corrected chi connectivity index (χ1v) is 18.3. The molecule has 2 N–H and O–H groups in total. The number of piperazine rings is 1. The van der Waals surface area contributed by atoms with Gasteiger partial charge < -0.3 is 15.3 Å². The number of nitrogens with zero attached hydrogens (tertiary/aromatic N) is 6. The monoisotopic (exact) mass is 731 g/mol. The Morgan fingerprint density at radius 2 is 1.70 bits per heavy atom. The summed E-state index contributed by atoms with van der Waals surface area (Å²) in [5.41, 5.74) is 3.44. The molecule has 1 saturated heterocycles. The Labute approximate surface area is 293 Å². The molecule has 1 unspecified atom stereocenters. The van der Waals surface area contributed by atoms with Crippen molar-refractivity contribution in [3.8, 4) is 11.3 Å². The molecule has 0 saturated carbocycles. The number of halogens is 4. The highest BCUT2D eigenvalue weighted by molar-refractivity contribution is 7.88. The molecule has 4 aromatic rings. The first kappa shape index (κ1) is 35.8. The van der Waals surface area contributed by atoms with Crippen molar-refractivity contribution in [2.24, 2.45) is 0 Å². The number of alkyl halides is 3. The number of pyridine rings is 1. The lowest BCUT2D eigenvalue weighted by Gasteiger charge is -2.38. The van der Waals surface area contributed by atoms with E-state index >= 15 is 0 Å². The van der Waals surface area contributed by atoms with Crippen molar-refractivity contribution < 1.29 is 31.5 Å². The largest absolute Gasteiger partial charge is 0.416 e. The summed E-state index contributed by atoms with van der Waals surface area (Å²) in [6.45, 7) is 3.39. The fourth-order valence-corrected chi connectivity index (χ4v) is 7.54.